The lowest BCUT2D eigenvalue weighted by Gasteiger charge is -2.28. The van der Waals surface area contributed by atoms with Gasteiger partial charge >= 0.3 is 0 Å². The molecule has 26 heavy (non-hydrogen) atoms. The summed E-state index contributed by atoms with van der Waals surface area (Å²) in [4.78, 5) is 4.84. The van der Waals surface area contributed by atoms with Crippen molar-refractivity contribution in [3.63, 3.8) is 0 Å². The van der Waals surface area contributed by atoms with Gasteiger partial charge in [-0.1, -0.05) is 93.5 Å². The summed E-state index contributed by atoms with van der Waals surface area (Å²) < 4.78 is 0. The standard InChI is InChI=1S/C24H29NSi/c1-4-26(5-2,6-3)23-15-16-24(25-19-23)22-14-10-13-21(18-22)17-20-11-8-7-9-12-20/h7-16,18-19H,4-6,17H2,1-3H3. The highest BCUT2D eigenvalue weighted by Gasteiger charge is 2.29. The smallest absolute Gasteiger partial charge is 0.0879 e. The highest BCUT2D eigenvalue weighted by molar-refractivity contribution is 6.91. The molecule has 1 aromatic heterocycles. The zero-order chi connectivity index (χ0) is 18.4. The van der Waals surface area contributed by atoms with Gasteiger partial charge in [-0.05, 0) is 34.9 Å². The van der Waals surface area contributed by atoms with Crippen LogP contribution >= 0.6 is 0 Å². The Labute approximate surface area is 159 Å². The first-order valence-corrected chi connectivity index (χ1v) is 12.4. The summed E-state index contributed by atoms with van der Waals surface area (Å²) >= 11 is 0. The molecule has 0 atom stereocenters. The zero-order valence-corrected chi connectivity index (χ0v) is 17.2. The molecule has 1 nitrogen and oxygen atoms in total. The van der Waals surface area contributed by atoms with Gasteiger partial charge in [-0.2, -0.15) is 0 Å². The highest BCUT2D eigenvalue weighted by atomic mass is 28.3. The molecule has 3 aromatic rings. The fraction of sp³-hybridized carbons (Fsp3) is 0.292. The minimum absolute atomic E-state index is 0.963. The van der Waals surface area contributed by atoms with Crippen molar-refractivity contribution in [2.45, 2.75) is 45.3 Å². The van der Waals surface area contributed by atoms with Gasteiger partial charge in [0.2, 0.25) is 0 Å². The molecule has 0 radical (unpaired) electrons. The largest absolute Gasteiger partial charge is 0.256 e. The number of benzene rings is 2. The van der Waals surface area contributed by atoms with Crippen LogP contribution in [0, 0.1) is 0 Å². The molecule has 134 valence electrons. The molecule has 2 aromatic carbocycles. The Balaban J connectivity index is 1.84. The van der Waals surface area contributed by atoms with Crippen molar-refractivity contribution in [2.75, 3.05) is 0 Å². The molecule has 1 heterocycles. The maximum Gasteiger partial charge on any atom is 0.0879 e. The second-order valence-corrected chi connectivity index (χ2v) is 12.4. The lowest BCUT2D eigenvalue weighted by molar-refractivity contribution is 1.18. The molecule has 2 heteroatoms. The van der Waals surface area contributed by atoms with E-state index in [0.29, 0.717) is 0 Å². The number of hydrogen-bond donors (Lipinski definition) is 0. The van der Waals surface area contributed by atoms with Crippen molar-refractivity contribution < 1.29 is 0 Å². The molecule has 0 spiro atoms. The molecular formula is C24H29NSi. The summed E-state index contributed by atoms with van der Waals surface area (Å²) in [5, 5.41) is 1.51. The van der Waals surface area contributed by atoms with Gasteiger partial charge in [-0.15, -0.1) is 0 Å². The second kappa shape index (κ2) is 8.46. The quantitative estimate of drug-likeness (QED) is 0.468. The maximum absolute atomic E-state index is 4.84. The third-order valence-corrected chi connectivity index (χ3v) is 11.5. The summed E-state index contributed by atoms with van der Waals surface area (Å²) in [6.07, 6.45) is 3.12. The molecule has 0 saturated carbocycles. The van der Waals surface area contributed by atoms with E-state index in [9.17, 15) is 0 Å². The monoisotopic (exact) mass is 359 g/mol. The maximum atomic E-state index is 4.84. The molecule has 0 saturated heterocycles. The Morgan fingerprint density at radius 2 is 1.42 bits per heavy atom. The van der Waals surface area contributed by atoms with E-state index in [1.165, 1.54) is 40.0 Å². The van der Waals surface area contributed by atoms with Crippen LogP contribution in [0.3, 0.4) is 0 Å². The van der Waals surface area contributed by atoms with Gasteiger partial charge in [-0.3, -0.25) is 4.98 Å². The summed E-state index contributed by atoms with van der Waals surface area (Å²) in [7, 11) is -1.34. The fourth-order valence-corrected chi connectivity index (χ4v) is 7.41. The second-order valence-electron chi connectivity index (χ2n) is 7.14. The number of aromatic nitrogens is 1. The molecule has 0 unspecified atom stereocenters. The Morgan fingerprint density at radius 3 is 2.04 bits per heavy atom. The van der Waals surface area contributed by atoms with Crippen LogP contribution in [0.25, 0.3) is 11.3 Å². The summed E-state index contributed by atoms with van der Waals surface area (Å²) in [6, 6.07) is 27.9. The van der Waals surface area contributed by atoms with Crippen LogP contribution in [0.2, 0.25) is 18.1 Å². The van der Waals surface area contributed by atoms with Crippen LogP contribution in [-0.2, 0) is 6.42 Å². The van der Waals surface area contributed by atoms with Gasteiger partial charge < -0.3 is 0 Å². The van der Waals surface area contributed by atoms with Gasteiger partial charge in [0, 0.05) is 11.8 Å². The number of nitrogens with zero attached hydrogens (tertiary/aromatic N) is 1. The SMILES string of the molecule is CC[Si](CC)(CC)c1ccc(-c2cccc(Cc3ccccc3)c2)nc1. The van der Waals surface area contributed by atoms with E-state index in [1.807, 2.05) is 0 Å². The van der Waals surface area contributed by atoms with Crippen molar-refractivity contribution in [3.05, 3.63) is 84.1 Å². The van der Waals surface area contributed by atoms with Gasteiger partial charge in [0.05, 0.1) is 13.8 Å². The van der Waals surface area contributed by atoms with Crippen LogP contribution in [0.5, 0.6) is 0 Å². The third-order valence-electron chi connectivity index (χ3n) is 5.88. The fourth-order valence-electron chi connectivity index (χ4n) is 3.91. The first kappa shape index (κ1) is 18.6. The molecule has 3 rings (SSSR count). The van der Waals surface area contributed by atoms with Crippen molar-refractivity contribution in [1.82, 2.24) is 4.98 Å². The van der Waals surface area contributed by atoms with Crippen LogP contribution < -0.4 is 5.19 Å². The normalized spacial score (nSPS) is 11.5. The minimum Gasteiger partial charge on any atom is -0.256 e. The van der Waals surface area contributed by atoms with Crippen LogP contribution in [0.4, 0.5) is 0 Å². The van der Waals surface area contributed by atoms with E-state index >= 15 is 0 Å². The molecule has 0 aliphatic carbocycles. The van der Waals surface area contributed by atoms with E-state index in [-0.39, 0.29) is 0 Å². The molecule has 0 aliphatic rings. The van der Waals surface area contributed by atoms with Crippen molar-refractivity contribution in [1.29, 1.82) is 0 Å². The minimum atomic E-state index is -1.34. The van der Waals surface area contributed by atoms with Gasteiger partial charge in [0.25, 0.3) is 0 Å². The summed E-state index contributed by atoms with van der Waals surface area (Å²) in [5.74, 6) is 0. The molecule has 0 bridgehead atoms. The lowest BCUT2D eigenvalue weighted by Crippen LogP contribution is -2.45. The zero-order valence-electron chi connectivity index (χ0n) is 16.2. The summed E-state index contributed by atoms with van der Waals surface area (Å²) in [5.41, 5.74) is 4.97. The Bertz CT molecular complexity index is 812. The topological polar surface area (TPSA) is 12.9 Å². The number of hydrogen-bond acceptors (Lipinski definition) is 1. The Hall–Kier alpha value is -2.19. The number of rotatable bonds is 7. The predicted octanol–water partition coefficient (Wildman–Crippen LogP) is 6.05. The van der Waals surface area contributed by atoms with E-state index in [0.717, 1.165) is 12.1 Å². The van der Waals surface area contributed by atoms with Crippen molar-refractivity contribution in [3.8, 4) is 11.3 Å². The van der Waals surface area contributed by atoms with Crippen molar-refractivity contribution in [2.24, 2.45) is 0 Å². The first-order valence-electron chi connectivity index (χ1n) is 9.80. The Kier molecular flexibility index (Phi) is 6.05. The van der Waals surface area contributed by atoms with Gasteiger partial charge in [-0.25, -0.2) is 0 Å². The highest BCUT2D eigenvalue weighted by Crippen LogP contribution is 2.23. The third kappa shape index (κ3) is 3.96. The van der Waals surface area contributed by atoms with E-state index in [1.54, 1.807) is 0 Å². The average Bonchev–Trinajstić information content (AvgIpc) is 2.71. The van der Waals surface area contributed by atoms with Gasteiger partial charge in [0.15, 0.2) is 0 Å². The van der Waals surface area contributed by atoms with Crippen molar-refractivity contribution >= 4 is 13.3 Å². The Morgan fingerprint density at radius 1 is 0.731 bits per heavy atom. The lowest BCUT2D eigenvalue weighted by atomic mass is 10.0. The summed E-state index contributed by atoms with van der Waals surface area (Å²) in [6.45, 7) is 7.04. The molecular weight excluding hydrogens is 330 g/mol. The van der Waals surface area contributed by atoms with E-state index in [2.05, 4.69) is 93.7 Å². The first-order chi connectivity index (χ1) is 12.7. The predicted molar refractivity (Wildman–Crippen MR) is 116 cm³/mol. The molecule has 0 amide bonds. The average molecular weight is 360 g/mol. The van der Waals surface area contributed by atoms with Gasteiger partial charge in [0.1, 0.15) is 0 Å². The molecule has 0 N–H and O–H groups in total. The van der Waals surface area contributed by atoms with E-state index < -0.39 is 8.07 Å². The van der Waals surface area contributed by atoms with Crippen LogP contribution in [0.1, 0.15) is 31.9 Å². The number of pyridine rings is 1. The van der Waals surface area contributed by atoms with Crippen LogP contribution in [-0.4, -0.2) is 13.1 Å². The van der Waals surface area contributed by atoms with E-state index in [4.69, 9.17) is 4.98 Å². The van der Waals surface area contributed by atoms with Crippen LogP contribution in [0.15, 0.2) is 72.9 Å². The molecule has 0 fully saturated rings. The molecule has 0 aliphatic heterocycles.